The molecule has 0 unspecified atom stereocenters. The molecule has 0 bridgehead atoms. The van der Waals surface area contributed by atoms with Crippen molar-refractivity contribution in [1.29, 1.82) is 0 Å². The number of carbonyl (C=O) groups excluding carboxylic acids is 2. The number of carbonyl (C=O) groups is 2. The third-order valence-corrected chi connectivity index (χ3v) is 5.43. The molecule has 0 fully saturated rings. The molecule has 0 atom stereocenters. The lowest BCUT2D eigenvalue weighted by Crippen LogP contribution is -2.13. The standard InChI is InChI=1S/C22H22N2O4S/c1-22(2,3)21-23-13-18(29-21)20(26)28-15-11-9-14(10-12-15)24-19(25)16-7-5-6-8-17(16)27-4/h5-13H,1-4H3,(H,24,25). The largest absolute Gasteiger partial charge is 0.496 e. The van der Waals surface area contributed by atoms with Crippen molar-refractivity contribution in [1.82, 2.24) is 4.98 Å². The summed E-state index contributed by atoms with van der Waals surface area (Å²) in [5.41, 5.74) is 0.892. The Hall–Kier alpha value is -3.19. The van der Waals surface area contributed by atoms with E-state index in [9.17, 15) is 9.59 Å². The monoisotopic (exact) mass is 410 g/mol. The maximum atomic E-state index is 12.4. The summed E-state index contributed by atoms with van der Waals surface area (Å²) in [6.07, 6.45) is 1.54. The van der Waals surface area contributed by atoms with Gasteiger partial charge in [0, 0.05) is 11.1 Å². The van der Waals surface area contributed by atoms with Crippen molar-refractivity contribution in [2.24, 2.45) is 0 Å². The number of thiazole rings is 1. The number of hydrogen-bond donors (Lipinski definition) is 1. The number of amides is 1. The molecule has 0 saturated heterocycles. The highest BCUT2D eigenvalue weighted by molar-refractivity contribution is 7.13. The predicted molar refractivity (Wildman–Crippen MR) is 113 cm³/mol. The summed E-state index contributed by atoms with van der Waals surface area (Å²) < 4.78 is 10.6. The quantitative estimate of drug-likeness (QED) is 0.477. The highest BCUT2D eigenvalue weighted by atomic mass is 32.1. The van der Waals surface area contributed by atoms with E-state index < -0.39 is 5.97 Å². The molecule has 2 aromatic carbocycles. The lowest BCUT2D eigenvalue weighted by atomic mass is 9.98. The maximum absolute atomic E-state index is 12.4. The van der Waals surface area contributed by atoms with E-state index in [0.717, 1.165) is 5.01 Å². The van der Waals surface area contributed by atoms with E-state index in [4.69, 9.17) is 9.47 Å². The zero-order valence-electron chi connectivity index (χ0n) is 16.7. The minimum atomic E-state index is -0.455. The summed E-state index contributed by atoms with van der Waals surface area (Å²) in [5, 5.41) is 3.67. The van der Waals surface area contributed by atoms with Gasteiger partial charge in [-0.2, -0.15) is 0 Å². The van der Waals surface area contributed by atoms with Gasteiger partial charge in [-0.05, 0) is 36.4 Å². The van der Waals surface area contributed by atoms with E-state index in [1.807, 2.05) is 20.8 Å². The fraction of sp³-hybridized carbons (Fsp3) is 0.227. The molecule has 29 heavy (non-hydrogen) atoms. The molecule has 0 saturated carbocycles. The lowest BCUT2D eigenvalue weighted by molar-refractivity contribution is 0.0739. The fourth-order valence-corrected chi connectivity index (χ4v) is 3.36. The summed E-state index contributed by atoms with van der Waals surface area (Å²) in [7, 11) is 1.52. The zero-order valence-corrected chi connectivity index (χ0v) is 17.5. The Bertz CT molecular complexity index is 1020. The van der Waals surface area contributed by atoms with Crippen molar-refractivity contribution in [2.75, 3.05) is 12.4 Å². The van der Waals surface area contributed by atoms with Crippen molar-refractivity contribution in [3.05, 3.63) is 70.2 Å². The Morgan fingerprint density at radius 3 is 2.34 bits per heavy atom. The molecule has 7 heteroatoms. The van der Waals surface area contributed by atoms with Gasteiger partial charge in [0.1, 0.15) is 16.4 Å². The summed E-state index contributed by atoms with van der Waals surface area (Å²) in [4.78, 5) is 29.5. The van der Waals surface area contributed by atoms with Gasteiger partial charge in [0.15, 0.2) is 0 Å². The number of methoxy groups -OCH3 is 1. The molecule has 1 N–H and O–H groups in total. The van der Waals surface area contributed by atoms with Gasteiger partial charge in [-0.3, -0.25) is 4.79 Å². The van der Waals surface area contributed by atoms with E-state index in [2.05, 4.69) is 10.3 Å². The number of nitrogens with one attached hydrogen (secondary N) is 1. The van der Waals surface area contributed by atoms with Crippen LogP contribution in [0.3, 0.4) is 0 Å². The van der Waals surface area contributed by atoms with Crippen molar-refractivity contribution in [3.63, 3.8) is 0 Å². The predicted octanol–water partition coefficient (Wildman–Crippen LogP) is 4.92. The fourth-order valence-electron chi connectivity index (χ4n) is 2.51. The van der Waals surface area contributed by atoms with Gasteiger partial charge < -0.3 is 14.8 Å². The van der Waals surface area contributed by atoms with Gasteiger partial charge in [-0.25, -0.2) is 9.78 Å². The van der Waals surface area contributed by atoms with Crippen LogP contribution in [0.25, 0.3) is 0 Å². The summed E-state index contributed by atoms with van der Waals surface area (Å²) >= 11 is 1.33. The molecule has 1 amide bonds. The van der Waals surface area contributed by atoms with Gasteiger partial charge in [-0.1, -0.05) is 32.9 Å². The number of rotatable bonds is 5. The molecule has 3 rings (SSSR count). The van der Waals surface area contributed by atoms with Gasteiger partial charge in [0.05, 0.1) is 23.9 Å². The molecule has 0 aliphatic rings. The van der Waals surface area contributed by atoms with E-state index in [-0.39, 0.29) is 11.3 Å². The van der Waals surface area contributed by atoms with E-state index in [1.54, 1.807) is 48.5 Å². The van der Waals surface area contributed by atoms with Crippen LogP contribution in [0.1, 0.15) is 45.8 Å². The second-order valence-corrected chi connectivity index (χ2v) is 8.38. The van der Waals surface area contributed by atoms with Crippen molar-refractivity contribution >= 4 is 28.9 Å². The molecule has 0 spiro atoms. The average molecular weight is 410 g/mol. The first-order valence-corrected chi connectivity index (χ1v) is 9.82. The molecule has 1 heterocycles. The van der Waals surface area contributed by atoms with Crippen molar-refractivity contribution in [3.8, 4) is 11.5 Å². The van der Waals surface area contributed by atoms with Crippen LogP contribution in [0.2, 0.25) is 0 Å². The Kier molecular flexibility index (Phi) is 5.98. The molecular weight excluding hydrogens is 388 g/mol. The molecule has 1 aromatic heterocycles. The Balaban J connectivity index is 1.65. The number of ether oxygens (including phenoxy) is 2. The molecular formula is C22H22N2O4S. The molecule has 150 valence electrons. The van der Waals surface area contributed by atoms with Crippen LogP contribution < -0.4 is 14.8 Å². The van der Waals surface area contributed by atoms with Gasteiger partial charge in [0.25, 0.3) is 5.91 Å². The van der Waals surface area contributed by atoms with Gasteiger partial charge >= 0.3 is 5.97 Å². The first-order valence-electron chi connectivity index (χ1n) is 9.01. The van der Waals surface area contributed by atoms with Crippen molar-refractivity contribution < 1.29 is 19.1 Å². The second-order valence-electron chi connectivity index (χ2n) is 7.35. The Morgan fingerprint density at radius 1 is 1.03 bits per heavy atom. The van der Waals surface area contributed by atoms with Crippen LogP contribution in [-0.2, 0) is 5.41 Å². The molecule has 0 radical (unpaired) electrons. The van der Waals surface area contributed by atoms with Crippen LogP contribution in [-0.4, -0.2) is 24.0 Å². The number of nitrogens with zero attached hydrogens (tertiary/aromatic N) is 1. The third-order valence-electron chi connectivity index (χ3n) is 4.02. The highest BCUT2D eigenvalue weighted by Gasteiger charge is 2.21. The molecule has 0 aliphatic heterocycles. The summed E-state index contributed by atoms with van der Waals surface area (Å²) in [6.45, 7) is 6.12. The highest BCUT2D eigenvalue weighted by Crippen LogP contribution is 2.28. The smallest absolute Gasteiger partial charge is 0.355 e. The average Bonchev–Trinajstić information content (AvgIpc) is 3.20. The minimum absolute atomic E-state index is 0.121. The van der Waals surface area contributed by atoms with Crippen molar-refractivity contribution in [2.45, 2.75) is 26.2 Å². The number of anilines is 1. The number of hydrogen-bond acceptors (Lipinski definition) is 6. The Morgan fingerprint density at radius 2 is 1.72 bits per heavy atom. The first-order chi connectivity index (χ1) is 13.8. The number of para-hydroxylation sites is 1. The molecule has 3 aromatic rings. The van der Waals surface area contributed by atoms with Gasteiger partial charge in [-0.15, -0.1) is 11.3 Å². The van der Waals surface area contributed by atoms with E-state index in [0.29, 0.717) is 27.6 Å². The SMILES string of the molecule is COc1ccccc1C(=O)Nc1ccc(OC(=O)c2cnc(C(C)(C)C)s2)cc1. The van der Waals surface area contributed by atoms with Gasteiger partial charge in [0.2, 0.25) is 0 Å². The second kappa shape index (κ2) is 8.45. The topological polar surface area (TPSA) is 77.5 Å². The number of benzene rings is 2. The summed E-state index contributed by atoms with van der Waals surface area (Å²) in [6, 6.07) is 13.6. The number of aromatic nitrogens is 1. The van der Waals surface area contributed by atoms with Crippen LogP contribution in [0, 0.1) is 0 Å². The van der Waals surface area contributed by atoms with E-state index >= 15 is 0 Å². The summed E-state index contributed by atoms with van der Waals surface area (Å²) in [5.74, 6) is 0.140. The van der Waals surface area contributed by atoms with Crippen LogP contribution in [0.4, 0.5) is 5.69 Å². The Labute approximate surface area is 173 Å². The van der Waals surface area contributed by atoms with Crippen LogP contribution in [0.5, 0.6) is 11.5 Å². The number of esters is 1. The zero-order chi connectivity index (χ0) is 21.0. The van der Waals surface area contributed by atoms with Crippen LogP contribution >= 0.6 is 11.3 Å². The van der Waals surface area contributed by atoms with E-state index in [1.165, 1.54) is 24.6 Å². The van der Waals surface area contributed by atoms with Crippen LogP contribution in [0.15, 0.2) is 54.7 Å². The maximum Gasteiger partial charge on any atom is 0.355 e. The third kappa shape index (κ3) is 5.00. The molecule has 6 nitrogen and oxygen atoms in total. The normalized spacial score (nSPS) is 11.0. The molecule has 0 aliphatic carbocycles. The first kappa shape index (κ1) is 20.5. The lowest BCUT2D eigenvalue weighted by Gasteiger charge is -2.13. The minimum Gasteiger partial charge on any atom is -0.496 e.